The molecule has 4 aliphatic rings. The molecule has 0 bridgehead atoms. The highest BCUT2D eigenvalue weighted by molar-refractivity contribution is 5.78. The van der Waals surface area contributed by atoms with Crippen molar-refractivity contribution < 1.29 is 4.58 Å². The molecule has 0 radical (unpaired) electrons. The second kappa shape index (κ2) is 10.3. The summed E-state index contributed by atoms with van der Waals surface area (Å²) in [5.74, 6) is 1.63. The molecule has 2 saturated heterocycles. The molecule has 4 rings (SSSR count). The van der Waals surface area contributed by atoms with E-state index in [2.05, 4.69) is 60.8 Å². The SMILES string of the molecule is CC(C)(C)N1CCCN2CCCCCC21.CC(C)(C)N1CCC[N+]2=C1CCCCC2. The molecular weight excluding hydrogens is 368 g/mol. The van der Waals surface area contributed by atoms with Crippen LogP contribution in [0.15, 0.2) is 0 Å². The molecule has 4 heteroatoms. The monoisotopic (exact) mass is 419 g/mol. The third-order valence-corrected chi connectivity index (χ3v) is 7.52. The summed E-state index contributed by atoms with van der Waals surface area (Å²) in [7, 11) is 0. The second-order valence-electron chi connectivity index (χ2n) is 12.0. The van der Waals surface area contributed by atoms with Gasteiger partial charge in [0.15, 0.2) is 0 Å². The number of hydrogen-bond donors (Lipinski definition) is 0. The van der Waals surface area contributed by atoms with Gasteiger partial charge in [0.2, 0.25) is 5.84 Å². The zero-order valence-corrected chi connectivity index (χ0v) is 21.2. The normalized spacial score (nSPS) is 27.4. The molecule has 0 spiro atoms. The van der Waals surface area contributed by atoms with Crippen molar-refractivity contribution in [3.63, 3.8) is 0 Å². The van der Waals surface area contributed by atoms with E-state index in [4.69, 9.17) is 0 Å². The molecule has 30 heavy (non-hydrogen) atoms. The summed E-state index contributed by atoms with van der Waals surface area (Å²) in [6.07, 6.45) is 14.6. The maximum Gasteiger partial charge on any atom is 0.247 e. The van der Waals surface area contributed by atoms with E-state index in [1.54, 1.807) is 5.84 Å². The van der Waals surface area contributed by atoms with E-state index < -0.39 is 0 Å². The van der Waals surface area contributed by atoms with Gasteiger partial charge in [0, 0.05) is 31.5 Å². The largest absolute Gasteiger partial charge is 0.288 e. The molecule has 0 saturated carbocycles. The standard InChI is InChI=1S/C13H26N2.C13H25N2/c2*1-13(2,3)15-11-7-10-14-9-6-4-5-8-12(14)15/h12H,4-11H2,1-3H3;4-11H2,1-3H3/q;+1. The number of fused-ring (bicyclic) bond motifs is 1. The summed E-state index contributed by atoms with van der Waals surface area (Å²) >= 11 is 0. The highest BCUT2D eigenvalue weighted by Crippen LogP contribution is 2.29. The minimum absolute atomic E-state index is 0.304. The molecule has 0 aromatic rings. The van der Waals surface area contributed by atoms with Gasteiger partial charge in [-0.3, -0.25) is 19.3 Å². The quantitative estimate of drug-likeness (QED) is 0.503. The van der Waals surface area contributed by atoms with E-state index in [0.717, 1.165) is 6.17 Å². The molecule has 174 valence electrons. The first-order valence-electron chi connectivity index (χ1n) is 13.1. The Morgan fingerprint density at radius 1 is 0.667 bits per heavy atom. The van der Waals surface area contributed by atoms with Gasteiger partial charge in [-0.15, -0.1) is 0 Å². The Labute approximate surface area is 187 Å². The first-order valence-corrected chi connectivity index (χ1v) is 13.1. The van der Waals surface area contributed by atoms with Crippen LogP contribution < -0.4 is 0 Å². The van der Waals surface area contributed by atoms with Crippen LogP contribution in [0.25, 0.3) is 0 Å². The highest BCUT2D eigenvalue weighted by atomic mass is 15.4. The fraction of sp³-hybridized carbons (Fsp3) is 0.962. The molecule has 1 atom stereocenters. The van der Waals surface area contributed by atoms with E-state index in [-0.39, 0.29) is 0 Å². The molecule has 0 aromatic carbocycles. The van der Waals surface area contributed by atoms with Crippen LogP contribution in [0, 0.1) is 0 Å². The van der Waals surface area contributed by atoms with Crippen LogP contribution in [0.1, 0.15) is 106 Å². The predicted molar refractivity (Wildman–Crippen MR) is 129 cm³/mol. The van der Waals surface area contributed by atoms with Crippen LogP contribution in [-0.2, 0) is 0 Å². The van der Waals surface area contributed by atoms with Crippen LogP contribution in [0.4, 0.5) is 0 Å². The second-order valence-corrected chi connectivity index (χ2v) is 12.0. The lowest BCUT2D eigenvalue weighted by atomic mass is 10.0. The van der Waals surface area contributed by atoms with Crippen LogP contribution >= 0.6 is 0 Å². The van der Waals surface area contributed by atoms with E-state index in [9.17, 15) is 0 Å². The molecule has 0 aliphatic carbocycles. The van der Waals surface area contributed by atoms with Gasteiger partial charge in [0.25, 0.3) is 0 Å². The maximum absolute atomic E-state index is 2.72. The van der Waals surface area contributed by atoms with Crippen molar-refractivity contribution >= 4 is 5.84 Å². The highest BCUT2D eigenvalue weighted by Gasteiger charge is 2.37. The van der Waals surface area contributed by atoms with Crippen LogP contribution in [0.2, 0.25) is 0 Å². The summed E-state index contributed by atoms with van der Waals surface area (Å²) < 4.78 is 2.64. The fourth-order valence-electron chi connectivity index (χ4n) is 6.01. The Balaban J connectivity index is 0.000000171. The van der Waals surface area contributed by atoms with Gasteiger partial charge < -0.3 is 0 Å². The maximum atomic E-state index is 2.72. The minimum atomic E-state index is 0.304. The van der Waals surface area contributed by atoms with Crippen LogP contribution in [0.5, 0.6) is 0 Å². The summed E-state index contributed by atoms with van der Waals surface area (Å²) in [6.45, 7) is 21.9. The summed E-state index contributed by atoms with van der Waals surface area (Å²) in [4.78, 5) is 8.09. The first-order chi connectivity index (χ1) is 14.2. The van der Waals surface area contributed by atoms with Gasteiger partial charge in [0.1, 0.15) is 0 Å². The third-order valence-electron chi connectivity index (χ3n) is 7.52. The third kappa shape index (κ3) is 6.22. The number of nitrogens with zero attached hydrogens (tertiary/aromatic N) is 4. The molecule has 2 fully saturated rings. The Morgan fingerprint density at radius 2 is 1.37 bits per heavy atom. The van der Waals surface area contributed by atoms with Crippen molar-refractivity contribution in [3.05, 3.63) is 0 Å². The van der Waals surface area contributed by atoms with Crippen molar-refractivity contribution in [2.45, 2.75) is 123 Å². The zero-order valence-electron chi connectivity index (χ0n) is 21.2. The van der Waals surface area contributed by atoms with Gasteiger partial charge in [0.05, 0.1) is 31.3 Å². The van der Waals surface area contributed by atoms with Crippen molar-refractivity contribution in [1.82, 2.24) is 14.7 Å². The van der Waals surface area contributed by atoms with E-state index >= 15 is 0 Å². The van der Waals surface area contributed by atoms with Crippen molar-refractivity contribution in [1.29, 1.82) is 0 Å². The molecule has 1 unspecified atom stereocenters. The lowest BCUT2D eigenvalue weighted by Crippen LogP contribution is -2.59. The Morgan fingerprint density at radius 3 is 2.10 bits per heavy atom. The lowest BCUT2D eigenvalue weighted by molar-refractivity contribution is -0.540. The van der Waals surface area contributed by atoms with Gasteiger partial charge in [-0.2, -0.15) is 0 Å². The van der Waals surface area contributed by atoms with Crippen molar-refractivity contribution in [3.8, 4) is 0 Å². The predicted octanol–water partition coefficient (Wildman–Crippen LogP) is 5.17. The number of rotatable bonds is 0. The Kier molecular flexibility index (Phi) is 8.28. The molecule has 0 amide bonds. The van der Waals surface area contributed by atoms with E-state index in [0.29, 0.717) is 11.1 Å². The van der Waals surface area contributed by atoms with Crippen LogP contribution in [0.3, 0.4) is 0 Å². The molecule has 0 N–H and O–H groups in total. The van der Waals surface area contributed by atoms with Gasteiger partial charge in [-0.1, -0.05) is 12.8 Å². The molecule has 4 nitrogen and oxygen atoms in total. The Bertz CT molecular complexity index is 569. The summed E-state index contributed by atoms with van der Waals surface area (Å²) in [6, 6.07) is 0. The zero-order chi connectivity index (χ0) is 21.8. The van der Waals surface area contributed by atoms with E-state index in [1.807, 2.05) is 0 Å². The summed E-state index contributed by atoms with van der Waals surface area (Å²) in [5, 5.41) is 0. The molecule has 4 aliphatic heterocycles. The molecular formula is C26H51N4+. The molecule has 4 heterocycles. The topological polar surface area (TPSA) is 12.7 Å². The molecule has 0 aromatic heterocycles. The number of hydrogen-bond acceptors (Lipinski definition) is 3. The fourth-order valence-corrected chi connectivity index (χ4v) is 6.01. The van der Waals surface area contributed by atoms with E-state index in [1.165, 1.54) is 103 Å². The average molecular weight is 420 g/mol. The van der Waals surface area contributed by atoms with Gasteiger partial charge in [-0.05, 0) is 86.6 Å². The average Bonchev–Trinajstić information content (AvgIpc) is 3.06. The van der Waals surface area contributed by atoms with Gasteiger partial charge >= 0.3 is 0 Å². The lowest BCUT2D eigenvalue weighted by Gasteiger charge is -2.49. The Hall–Kier alpha value is -0.610. The van der Waals surface area contributed by atoms with Crippen molar-refractivity contribution in [2.75, 3.05) is 39.3 Å². The minimum Gasteiger partial charge on any atom is -0.288 e. The van der Waals surface area contributed by atoms with Gasteiger partial charge in [-0.25, -0.2) is 0 Å². The smallest absolute Gasteiger partial charge is 0.247 e. The van der Waals surface area contributed by atoms with Crippen LogP contribution in [-0.4, -0.2) is 81.6 Å². The van der Waals surface area contributed by atoms with Crippen molar-refractivity contribution in [2.24, 2.45) is 0 Å². The first kappa shape index (κ1) is 24.0. The summed E-state index contributed by atoms with van der Waals surface area (Å²) in [5.41, 5.74) is 0.645. The number of amidine groups is 1.